The van der Waals surface area contributed by atoms with E-state index in [4.69, 9.17) is 0 Å². The van der Waals surface area contributed by atoms with Gasteiger partial charge in [0.25, 0.3) is 0 Å². The van der Waals surface area contributed by atoms with Crippen molar-refractivity contribution in [3.63, 3.8) is 0 Å². The van der Waals surface area contributed by atoms with Crippen molar-refractivity contribution in [1.29, 1.82) is 0 Å². The van der Waals surface area contributed by atoms with Crippen molar-refractivity contribution in [2.45, 2.75) is 55.8 Å². The van der Waals surface area contributed by atoms with Crippen LogP contribution in [0.15, 0.2) is 0 Å². The lowest BCUT2D eigenvalue weighted by atomic mass is 10.00. The van der Waals surface area contributed by atoms with Crippen LogP contribution in [0.2, 0.25) is 0 Å². The van der Waals surface area contributed by atoms with Crippen molar-refractivity contribution in [3.05, 3.63) is 0 Å². The van der Waals surface area contributed by atoms with E-state index in [1.807, 2.05) is 0 Å². The fourth-order valence-electron chi connectivity index (χ4n) is 3.22. The van der Waals surface area contributed by atoms with Gasteiger partial charge in [0.2, 0.25) is 0 Å². The molecule has 0 spiro atoms. The number of hydrogen-bond donors (Lipinski definition) is 2. The van der Waals surface area contributed by atoms with Crippen molar-refractivity contribution in [1.82, 2.24) is 0 Å². The van der Waals surface area contributed by atoms with Crippen LogP contribution in [-0.2, 0) is 0 Å². The van der Waals surface area contributed by atoms with Gasteiger partial charge in [0.05, 0.1) is 9.16 Å². The van der Waals surface area contributed by atoms with E-state index in [1.54, 1.807) is 0 Å². The predicted octanol–water partition coefficient (Wildman–Crippen LogP) is 5.97. The van der Waals surface area contributed by atoms with E-state index < -0.39 is 0 Å². The fraction of sp³-hybridized carbons (Fsp3) is 1.00. The molecule has 8 heteroatoms. The van der Waals surface area contributed by atoms with E-state index in [1.165, 1.54) is 48.7 Å². The molecule has 140 valence electrons. The number of thiol groups is 2. The molecule has 0 nitrogen and oxygen atoms in total. The SMILES string of the molecule is SCC1CSC(CSC2CCCC(SCC3SCC(CS)S3)C2)S1. The third-order valence-corrected chi connectivity index (χ3v) is 16.2. The van der Waals surface area contributed by atoms with E-state index in [0.29, 0.717) is 0 Å². The Morgan fingerprint density at radius 3 is 1.71 bits per heavy atom. The Labute approximate surface area is 184 Å². The first-order valence-corrected chi connectivity index (χ1v) is 16.1. The zero-order chi connectivity index (χ0) is 16.8. The van der Waals surface area contributed by atoms with Crippen molar-refractivity contribution < 1.29 is 0 Å². The van der Waals surface area contributed by atoms with Gasteiger partial charge < -0.3 is 0 Å². The van der Waals surface area contributed by atoms with Crippen LogP contribution in [0.25, 0.3) is 0 Å². The van der Waals surface area contributed by atoms with Gasteiger partial charge >= 0.3 is 0 Å². The summed E-state index contributed by atoms with van der Waals surface area (Å²) >= 11 is 22.2. The second-order valence-electron chi connectivity index (χ2n) is 6.48. The molecule has 6 unspecified atom stereocenters. The highest BCUT2D eigenvalue weighted by Gasteiger charge is 2.30. The van der Waals surface area contributed by atoms with Crippen LogP contribution in [0.5, 0.6) is 0 Å². The van der Waals surface area contributed by atoms with Gasteiger partial charge in [-0.25, -0.2) is 0 Å². The van der Waals surface area contributed by atoms with E-state index >= 15 is 0 Å². The average molecular weight is 477 g/mol. The quantitative estimate of drug-likeness (QED) is 0.411. The lowest BCUT2D eigenvalue weighted by Crippen LogP contribution is -2.21. The molecule has 3 aliphatic rings. The van der Waals surface area contributed by atoms with Gasteiger partial charge in [-0.1, -0.05) is 6.42 Å². The number of hydrogen-bond acceptors (Lipinski definition) is 8. The topological polar surface area (TPSA) is 0 Å². The highest BCUT2D eigenvalue weighted by Crippen LogP contribution is 2.44. The summed E-state index contributed by atoms with van der Waals surface area (Å²) in [6.07, 6.45) is 5.80. The minimum absolute atomic E-state index is 0.793. The van der Waals surface area contributed by atoms with Crippen LogP contribution >= 0.6 is 95.8 Å². The highest BCUT2D eigenvalue weighted by atomic mass is 32.2. The Morgan fingerprint density at radius 2 is 1.29 bits per heavy atom. The summed E-state index contributed by atoms with van der Waals surface area (Å²) in [7, 11) is 0. The summed E-state index contributed by atoms with van der Waals surface area (Å²) in [5, 5.41) is 3.42. The molecule has 1 saturated carbocycles. The van der Waals surface area contributed by atoms with Crippen molar-refractivity contribution >= 4 is 95.8 Å². The van der Waals surface area contributed by atoms with Gasteiger partial charge in [-0.3, -0.25) is 0 Å². The largest absolute Gasteiger partial charge is 0.178 e. The first kappa shape index (κ1) is 21.5. The molecular formula is C16H28S8. The van der Waals surface area contributed by atoms with E-state index in [9.17, 15) is 0 Å². The van der Waals surface area contributed by atoms with E-state index in [2.05, 4.69) is 95.8 Å². The van der Waals surface area contributed by atoms with Crippen LogP contribution in [0.1, 0.15) is 25.7 Å². The fourth-order valence-corrected chi connectivity index (χ4v) is 14.3. The Bertz CT molecular complexity index is 336. The molecule has 0 aromatic rings. The lowest BCUT2D eigenvalue weighted by molar-refractivity contribution is 0.528. The van der Waals surface area contributed by atoms with E-state index in [0.717, 1.165) is 41.7 Å². The molecule has 2 heterocycles. The molecule has 6 atom stereocenters. The molecule has 3 fully saturated rings. The first-order chi connectivity index (χ1) is 11.8. The zero-order valence-electron chi connectivity index (χ0n) is 13.9. The van der Waals surface area contributed by atoms with Crippen LogP contribution in [0.4, 0.5) is 0 Å². The molecule has 2 saturated heterocycles. The smallest absolute Gasteiger partial charge is 0.0596 e. The van der Waals surface area contributed by atoms with Crippen LogP contribution < -0.4 is 0 Å². The summed E-state index contributed by atoms with van der Waals surface area (Å²) in [4.78, 5) is 0. The van der Waals surface area contributed by atoms with Gasteiger partial charge in [0.15, 0.2) is 0 Å². The molecular weight excluding hydrogens is 449 g/mol. The van der Waals surface area contributed by atoms with Gasteiger partial charge in [-0.05, 0) is 19.3 Å². The summed E-state index contributed by atoms with van der Waals surface area (Å²) < 4.78 is 1.65. The molecule has 0 radical (unpaired) electrons. The maximum atomic E-state index is 4.46. The third kappa shape index (κ3) is 7.00. The summed E-state index contributed by atoms with van der Waals surface area (Å²) in [6, 6.07) is 0. The minimum Gasteiger partial charge on any atom is -0.178 e. The molecule has 24 heavy (non-hydrogen) atoms. The highest BCUT2D eigenvalue weighted by molar-refractivity contribution is 8.22. The Kier molecular flexibility index (Phi) is 10.5. The molecule has 0 N–H and O–H groups in total. The molecule has 0 aromatic heterocycles. The normalized spacial score (nSPS) is 40.2. The Hall–Kier alpha value is 2.80. The summed E-state index contributed by atoms with van der Waals surface area (Å²) in [6.45, 7) is 0. The molecule has 1 aliphatic carbocycles. The molecule has 3 rings (SSSR count). The minimum atomic E-state index is 0.793. The van der Waals surface area contributed by atoms with Gasteiger partial charge in [0, 0.05) is 55.5 Å². The third-order valence-electron chi connectivity index (χ3n) is 4.55. The van der Waals surface area contributed by atoms with Crippen molar-refractivity contribution in [3.8, 4) is 0 Å². The summed E-state index contributed by atoms with van der Waals surface area (Å²) in [5.74, 6) is 7.41. The standard InChI is InChI=1S/C16H28S8/c17-5-13-7-21-15(23-13)9-19-11-2-1-3-12(4-11)20-10-16-22-8-14(6-18)24-16/h11-18H,1-10H2. The first-order valence-electron chi connectivity index (χ1n) is 8.76. The number of thioether (sulfide) groups is 6. The van der Waals surface area contributed by atoms with E-state index in [-0.39, 0.29) is 0 Å². The van der Waals surface area contributed by atoms with Crippen LogP contribution in [-0.4, -0.2) is 64.7 Å². The Balaban J connectivity index is 1.31. The monoisotopic (exact) mass is 476 g/mol. The second kappa shape index (κ2) is 11.7. The number of rotatable bonds is 8. The molecule has 0 aromatic carbocycles. The Morgan fingerprint density at radius 1 is 0.792 bits per heavy atom. The van der Waals surface area contributed by atoms with Crippen LogP contribution in [0.3, 0.4) is 0 Å². The molecule has 0 amide bonds. The molecule has 0 bridgehead atoms. The lowest BCUT2D eigenvalue weighted by Gasteiger charge is -2.29. The van der Waals surface area contributed by atoms with Crippen molar-refractivity contribution in [2.24, 2.45) is 0 Å². The predicted molar refractivity (Wildman–Crippen MR) is 134 cm³/mol. The maximum absolute atomic E-state index is 4.46. The second-order valence-corrected chi connectivity index (χ2v) is 16.0. The molecule has 2 aliphatic heterocycles. The summed E-state index contributed by atoms with van der Waals surface area (Å²) in [5.41, 5.74) is 0. The zero-order valence-corrected chi connectivity index (χ0v) is 20.6. The maximum Gasteiger partial charge on any atom is 0.0596 e. The van der Waals surface area contributed by atoms with Crippen LogP contribution in [0, 0.1) is 0 Å². The van der Waals surface area contributed by atoms with Gasteiger partial charge in [-0.15, -0.1) is 47.0 Å². The average Bonchev–Trinajstić information content (AvgIpc) is 3.27. The van der Waals surface area contributed by atoms with Gasteiger partial charge in [0.1, 0.15) is 0 Å². The van der Waals surface area contributed by atoms with Gasteiger partial charge in [-0.2, -0.15) is 48.8 Å². The van der Waals surface area contributed by atoms with Crippen molar-refractivity contribution in [2.75, 3.05) is 34.5 Å².